The number of ether oxygens (including phenoxy) is 5. The van der Waals surface area contributed by atoms with E-state index in [4.69, 9.17) is 23.7 Å². The molecule has 15 nitrogen and oxygen atoms in total. The van der Waals surface area contributed by atoms with Crippen LogP contribution >= 0.6 is 0 Å². The number of nitrogens with zero attached hydrogens (tertiary/aromatic N) is 1. The number of aliphatic hydroxyl groups is 5. The molecule has 2 bridgehead atoms. The molecule has 384 valence electrons. The molecule has 1 spiro atoms. The normalized spacial score (nSPS) is 30.2. The predicted octanol–water partition coefficient (Wildman–Crippen LogP) is 5.87. The van der Waals surface area contributed by atoms with Crippen LogP contribution in [0.3, 0.4) is 0 Å². The molecule has 5 heterocycles. The number of fused-ring (bicyclic) bond motifs is 8. The summed E-state index contributed by atoms with van der Waals surface area (Å²) in [5.41, 5.74) is 3.00. The van der Waals surface area contributed by atoms with E-state index in [2.05, 4.69) is 9.88 Å². The fourth-order valence-corrected chi connectivity index (χ4v) is 14.8. The number of rotatable bonds is 14. The molecule has 71 heavy (non-hydrogen) atoms. The Morgan fingerprint density at radius 2 is 1.86 bits per heavy atom. The predicted molar refractivity (Wildman–Crippen MR) is 263 cm³/mol. The number of carbonyl (C=O) groups excluding carboxylic acids is 3. The van der Waals surface area contributed by atoms with Crippen molar-refractivity contribution in [2.75, 3.05) is 66.4 Å². The first-order valence-electron chi connectivity index (χ1n) is 26.3. The second-order valence-electron chi connectivity index (χ2n) is 21.6. The van der Waals surface area contributed by atoms with E-state index in [-0.39, 0.29) is 103 Å². The quantitative estimate of drug-likeness (QED) is 0.0633. The SMILES string of the molecule is CCOC(=O)C1=C(C=O)/C2=C3\C[C@H](CO)C(=O)[C@H](C3)c3cc4cc[nH]c4cc3CC[C@@H](CO)COc3c4c(c(CO)c(c32)O1)O[C@H]([C@]1(O)[C@@H]2CCN(CCCOC)C[C@@H]2CC2(CCCC2)[C@@H]1CCCO)C4. The first-order chi connectivity index (χ1) is 34.6. The zero-order chi connectivity index (χ0) is 49.6. The lowest BCUT2D eigenvalue weighted by Gasteiger charge is -2.61. The number of Topliss-reactive ketones (excluding diaryl/α,β-unsaturated/α-hetero) is 1. The van der Waals surface area contributed by atoms with Crippen molar-refractivity contribution in [2.45, 2.75) is 121 Å². The number of piperidine rings is 1. The van der Waals surface area contributed by atoms with Gasteiger partial charge in [-0.1, -0.05) is 18.4 Å². The van der Waals surface area contributed by atoms with Gasteiger partial charge in [0.2, 0.25) is 5.76 Å². The zero-order valence-corrected chi connectivity index (χ0v) is 41.3. The number of H-pyrrole nitrogens is 1. The molecule has 4 aliphatic heterocycles. The summed E-state index contributed by atoms with van der Waals surface area (Å²) in [6.07, 6.45) is 10.9. The van der Waals surface area contributed by atoms with Crippen LogP contribution in [0.2, 0.25) is 0 Å². The van der Waals surface area contributed by atoms with Crippen molar-refractivity contribution in [2.24, 2.45) is 35.0 Å². The van der Waals surface area contributed by atoms with Crippen molar-refractivity contribution in [3.8, 4) is 17.2 Å². The minimum Gasteiger partial charge on any atom is -0.492 e. The van der Waals surface area contributed by atoms with Crippen LogP contribution < -0.4 is 14.2 Å². The molecule has 8 atom stereocenters. The average molecular weight is 981 g/mol. The summed E-state index contributed by atoms with van der Waals surface area (Å²) < 4.78 is 31.8. The highest BCUT2D eigenvalue weighted by Crippen LogP contribution is 2.65. The van der Waals surface area contributed by atoms with Crippen LogP contribution in [0.1, 0.15) is 118 Å². The van der Waals surface area contributed by atoms with E-state index in [1.54, 1.807) is 14.0 Å². The van der Waals surface area contributed by atoms with E-state index < -0.39 is 48.6 Å². The van der Waals surface area contributed by atoms with Crippen LogP contribution in [0.5, 0.6) is 17.2 Å². The molecule has 4 fully saturated rings. The second-order valence-corrected chi connectivity index (χ2v) is 21.6. The first kappa shape index (κ1) is 49.9. The summed E-state index contributed by atoms with van der Waals surface area (Å²) in [5.74, 6) is -2.95. The fourth-order valence-electron chi connectivity index (χ4n) is 14.8. The number of benzene rings is 2. The van der Waals surface area contributed by atoms with Crippen molar-refractivity contribution in [3.05, 3.63) is 69.1 Å². The Balaban J connectivity index is 1.18. The van der Waals surface area contributed by atoms with Gasteiger partial charge in [-0.25, -0.2) is 4.79 Å². The Labute approximate surface area is 415 Å². The Hall–Kier alpha value is -4.61. The third-order valence-corrected chi connectivity index (χ3v) is 17.9. The van der Waals surface area contributed by atoms with Crippen LogP contribution in [0.15, 0.2) is 41.3 Å². The molecule has 1 saturated heterocycles. The average Bonchev–Trinajstić information content (AvgIpc) is 4.16. The van der Waals surface area contributed by atoms with Gasteiger partial charge >= 0.3 is 5.97 Å². The van der Waals surface area contributed by atoms with Crippen LogP contribution in [0.25, 0.3) is 16.5 Å². The zero-order valence-electron chi connectivity index (χ0n) is 41.3. The lowest BCUT2D eigenvalue weighted by Crippen LogP contribution is -2.68. The highest BCUT2D eigenvalue weighted by atomic mass is 16.6. The van der Waals surface area contributed by atoms with Gasteiger partial charge in [0.05, 0.1) is 43.1 Å². The van der Waals surface area contributed by atoms with E-state index in [0.717, 1.165) is 86.6 Å². The molecule has 2 aromatic carbocycles. The van der Waals surface area contributed by atoms with Crippen molar-refractivity contribution in [3.63, 3.8) is 0 Å². The minimum absolute atomic E-state index is 0.00421. The number of likely N-dealkylation sites (tertiary alicyclic amines) is 1. The molecular formula is C56H72N2O13. The summed E-state index contributed by atoms with van der Waals surface area (Å²) in [6.45, 7) is 3.61. The number of aldehydes is 1. The summed E-state index contributed by atoms with van der Waals surface area (Å²) >= 11 is 0. The number of methoxy groups -OCH3 is 1. The summed E-state index contributed by atoms with van der Waals surface area (Å²) in [6, 6.07) is 6.01. The van der Waals surface area contributed by atoms with Gasteiger partial charge in [0.1, 0.15) is 34.7 Å². The smallest absolute Gasteiger partial charge is 0.375 e. The fraction of sp³-hybridized carbons (Fsp3) is 0.625. The number of aromatic nitrogens is 1. The van der Waals surface area contributed by atoms with E-state index in [1.807, 2.05) is 24.4 Å². The molecule has 1 aromatic heterocycles. The molecule has 0 unspecified atom stereocenters. The number of hydrogen-bond acceptors (Lipinski definition) is 14. The second kappa shape index (κ2) is 20.7. The van der Waals surface area contributed by atoms with Gasteiger partial charge in [0.25, 0.3) is 0 Å². The number of hydrogen-bond donors (Lipinski definition) is 6. The summed E-state index contributed by atoms with van der Waals surface area (Å²) in [5, 5.41) is 59.1. The summed E-state index contributed by atoms with van der Waals surface area (Å²) in [4.78, 5) is 48.3. The van der Waals surface area contributed by atoms with Crippen LogP contribution in [0, 0.1) is 35.0 Å². The highest BCUT2D eigenvalue weighted by Gasteiger charge is 2.65. The molecule has 7 aliphatic rings. The Morgan fingerprint density at radius 3 is 2.59 bits per heavy atom. The maximum Gasteiger partial charge on any atom is 0.375 e. The number of nitrogens with one attached hydrogen (secondary N) is 1. The molecule has 3 saturated carbocycles. The molecule has 0 radical (unpaired) electrons. The maximum absolute atomic E-state index is 14.6. The third-order valence-electron chi connectivity index (χ3n) is 17.9. The minimum atomic E-state index is -1.37. The number of aryl methyl sites for hydroxylation is 1. The number of aromatic amines is 1. The number of aliphatic hydroxyl groups excluding tert-OH is 4. The number of ketones is 1. The Kier molecular flexibility index (Phi) is 14.6. The van der Waals surface area contributed by atoms with Crippen LogP contribution in [-0.2, 0) is 43.3 Å². The van der Waals surface area contributed by atoms with Crippen LogP contribution in [0.4, 0.5) is 0 Å². The van der Waals surface area contributed by atoms with Gasteiger partial charge in [-0.05, 0) is 142 Å². The number of allylic oxidation sites excluding steroid dienone is 3. The standard InChI is InChI=1S/C56H72N2O13/c1-3-68-54(65)53-41(29-62)47-35-20-36(28-61)49(64)39(22-35)38-21-34-11-15-57-44(34)23-33(38)10-9-32(27-60)31-69-51-40-24-46(70-50(40)42(30-63)52(71-53)48(47)51)56(66)43-12-17-58(16-7-19-67-2)26-37(43)25-55(13-4-5-14-55)45(56)8-6-18-59/h11,15,21,23,29,32,36-37,39,43,45-46,57,59-61,63,66H,3-10,12-14,16-20,22,24-28,30-31H2,1-2H3/b47-35-/t32-,36+,37-,39+,43+,45-,46-,56-/m0/s1. The van der Waals surface area contributed by atoms with Crippen molar-refractivity contribution in [1.82, 2.24) is 9.88 Å². The highest BCUT2D eigenvalue weighted by molar-refractivity contribution is 6.11. The molecule has 3 aliphatic carbocycles. The lowest BCUT2D eigenvalue weighted by molar-refractivity contribution is -0.226. The largest absolute Gasteiger partial charge is 0.492 e. The Morgan fingerprint density at radius 1 is 1.03 bits per heavy atom. The van der Waals surface area contributed by atoms with Crippen molar-refractivity contribution in [1.29, 1.82) is 0 Å². The molecule has 6 N–H and O–H groups in total. The first-order valence-corrected chi connectivity index (χ1v) is 26.3. The van der Waals surface area contributed by atoms with E-state index in [9.17, 15) is 39.9 Å². The van der Waals surface area contributed by atoms with Crippen molar-refractivity contribution >= 4 is 34.5 Å². The lowest BCUT2D eigenvalue weighted by atomic mass is 9.48. The molecule has 3 aromatic rings. The van der Waals surface area contributed by atoms with Gasteiger partial charge in [0, 0.05) is 87.0 Å². The van der Waals surface area contributed by atoms with Gasteiger partial charge in [-0.15, -0.1) is 0 Å². The number of carbonyl (C=O) groups is 3. The van der Waals surface area contributed by atoms with Crippen LogP contribution in [-0.4, -0.2) is 132 Å². The van der Waals surface area contributed by atoms with E-state index in [0.29, 0.717) is 66.6 Å². The molecule has 10 rings (SSSR count). The monoisotopic (exact) mass is 981 g/mol. The third kappa shape index (κ3) is 8.64. The summed E-state index contributed by atoms with van der Waals surface area (Å²) in [7, 11) is 1.73. The molecular weight excluding hydrogens is 909 g/mol. The van der Waals surface area contributed by atoms with Gasteiger partial charge in [0.15, 0.2) is 6.29 Å². The molecule has 15 heteroatoms. The van der Waals surface area contributed by atoms with Gasteiger partial charge < -0.3 is 59.1 Å². The maximum atomic E-state index is 14.6. The van der Waals surface area contributed by atoms with E-state index >= 15 is 0 Å². The topological polar surface area (TPSA) is 218 Å². The molecule has 0 amide bonds. The van der Waals surface area contributed by atoms with E-state index in [1.165, 1.54) is 0 Å². The Bertz CT molecular complexity index is 2580. The number of esters is 1. The van der Waals surface area contributed by atoms with Gasteiger partial charge in [-0.2, -0.15) is 0 Å². The van der Waals surface area contributed by atoms with Gasteiger partial charge in [-0.3, -0.25) is 9.59 Å². The van der Waals surface area contributed by atoms with Crippen molar-refractivity contribution < 1.29 is 63.6 Å².